The van der Waals surface area contributed by atoms with Crippen LogP contribution in [0.25, 0.3) is 10.2 Å². The van der Waals surface area contributed by atoms with E-state index in [2.05, 4.69) is 56.8 Å². The van der Waals surface area contributed by atoms with Crippen LogP contribution in [0.2, 0.25) is 5.15 Å². The standard InChI is InChI=1S/C19H12ClN3S2.C6H11N/c20-17-10-16(22-11-15-2-1-9-24-15)19-18(23-17)14(12-25-19)4-3-13-5-7-21-8-6-13;7-6-4-2-1-3-5-6/h1-2,5-10,12H,11H2,(H,22,23);1-2,6H,3-5,7H2. The van der Waals surface area contributed by atoms with Gasteiger partial charge in [-0.15, -0.1) is 22.7 Å². The Morgan fingerprint density at radius 3 is 2.72 bits per heavy atom. The molecule has 0 bridgehead atoms. The third-order valence-corrected chi connectivity index (χ3v) is 6.93. The van der Waals surface area contributed by atoms with E-state index in [9.17, 15) is 0 Å². The number of hydrogen-bond acceptors (Lipinski definition) is 6. The first-order chi connectivity index (χ1) is 15.7. The zero-order valence-corrected chi connectivity index (χ0v) is 19.8. The Labute approximate surface area is 201 Å². The van der Waals surface area contributed by atoms with Crippen molar-refractivity contribution in [2.45, 2.75) is 31.8 Å². The molecule has 1 aliphatic carbocycles. The van der Waals surface area contributed by atoms with E-state index < -0.39 is 0 Å². The summed E-state index contributed by atoms with van der Waals surface area (Å²) in [4.78, 5) is 9.75. The lowest BCUT2D eigenvalue weighted by molar-refractivity contribution is 0.606. The molecule has 0 amide bonds. The van der Waals surface area contributed by atoms with Gasteiger partial charge in [0.05, 0.1) is 16.0 Å². The Kier molecular flexibility index (Phi) is 7.92. The summed E-state index contributed by atoms with van der Waals surface area (Å²) in [7, 11) is 0. The van der Waals surface area contributed by atoms with Crippen molar-refractivity contribution in [1.29, 1.82) is 0 Å². The van der Waals surface area contributed by atoms with E-state index in [4.69, 9.17) is 17.3 Å². The predicted octanol–water partition coefficient (Wildman–Crippen LogP) is 6.47. The number of rotatable bonds is 3. The number of thiophene rings is 2. The van der Waals surface area contributed by atoms with Crippen LogP contribution in [0.3, 0.4) is 0 Å². The highest BCUT2D eigenvalue weighted by atomic mass is 35.5. The van der Waals surface area contributed by atoms with Crippen molar-refractivity contribution in [1.82, 2.24) is 9.97 Å². The molecule has 4 aromatic heterocycles. The molecule has 0 saturated heterocycles. The minimum absolute atomic E-state index is 0.449. The molecule has 7 heteroatoms. The molecule has 32 heavy (non-hydrogen) atoms. The van der Waals surface area contributed by atoms with Crippen LogP contribution in [0.5, 0.6) is 0 Å². The van der Waals surface area contributed by atoms with Gasteiger partial charge in [0.1, 0.15) is 10.7 Å². The minimum Gasteiger partial charge on any atom is -0.379 e. The van der Waals surface area contributed by atoms with Gasteiger partial charge in [0, 0.05) is 46.9 Å². The lowest BCUT2D eigenvalue weighted by atomic mass is 10.0. The Balaban J connectivity index is 0.000000300. The van der Waals surface area contributed by atoms with Crippen molar-refractivity contribution >= 4 is 50.2 Å². The fraction of sp³-hybridized carbons (Fsp3) is 0.200. The highest BCUT2D eigenvalue weighted by Gasteiger charge is 2.11. The number of fused-ring (bicyclic) bond motifs is 1. The van der Waals surface area contributed by atoms with Crippen molar-refractivity contribution in [2.24, 2.45) is 5.73 Å². The lowest BCUT2D eigenvalue weighted by Gasteiger charge is -2.09. The van der Waals surface area contributed by atoms with E-state index in [1.807, 2.05) is 23.6 Å². The summed E-state index contributed by atoms with van der Waals surface area (Å²) in [5, 5.41) is 8.02. The maximum atomic E-state index is 6.23. The highest BCUT2D eigenvalue weighted by Crippen LogP contribution is 2.33. The smallest absolute Gasteiger partial charge is 0.131 e. The van der Waals surface area contributed by atoms with Crippen LogP contribution in [-0.2, 0) is 6.54 Å². The molecule has 1 aliphatic rings. The summed E-state index contributed by atoms with van der Waals surface area (Å²) in [5.74, 6) is 6.34. The van der Waals surface area contributed by atoms with Gasteiger partial charge in [-0.05, 0) is 42.8 Å². The van der Waals surface area contributed by atoms with E-state index >= 15 is 0 Å². The zero-order chi connectivity index (χ0) is 22.2. The van der Waals surface area contributed by atoms with E-state index in [0.29, 0.717) is 11.2 Å². The molecule has 4 aromatic rings. The number of anilines is 1. The molecule has 162 valence electrons. The maximum absolute atomic E-state index is 6.23. The first kappa shape index (κ1) is 22.5. The monoisotopic (exact) mass is 478 g/mol. The molecule has 0 aromatic carbocycles. The average Bonchev–Trinajstić information content (AvgIpc) is 3.48. The van der Waals surface area contributed by atoms with Gasteiger partial charge in [-0.2, -0.15) is 0 Å². The van der Waals surface area contributed by atoms with E-state index in [1.54, 1.807) is 35.1 Å². The average molecular weight is 479 g/mol. The number of hydrogen-bond donors (Lipinski definition) is 2. The van der Waals surface area contributed by atoms with E-state index in [1.165, 1.54) is 17.7 Å². The van der Waals surface area contributed by atoms with Crippen LogP contribution in [0.15, 0.2) is 65.6 Å². The number of nitrogens with two attached hydrogens (primary N) is 1. The molecular weight excluding hydrogens is 456 g/mol. The fourth-order valence-electron chi connectivity index (χ4n) is 3.18. The van der Waals surface area contributed by atoms with Crippen LogP contribution in [-0.4, -0.2) is 16.0 Å². The summed E-state index contributed by atoms with van der Waals surface area (Å²) in [6.07, 6.45) is 11.3. The van der Waals surface area contributed by atoms with Crippen LogP contribution < -0.4 is 11.1 Å². The van der Waals surface area contributed by atoms with Gasteiger partial charge < -0.3 is 11.1 Å². The van der Waals surface area contributed by atoms with Gasteiger partial charge in [-0.1, -0.05) is 41.7 Å². The molecule has 4 nitrogen and oxygen atoms in total. The largest absolute Gasteiger partial charge is 0.379 e. The fourth-order valence-corrected chi connectivity index (χ4v) is 4.95. The van der Waals surface area contributed by atoms with Crippen LogP contribution in [0.4, 0.5) is 5.69 Å². The molecule has 1 atom stereocenters. The van der Waals surface area contributed by atoms with E-state index in [-0.39, 0.29) is 0 Å². The van der Waals surface area contributed by atoms with Crippen molar-refractivity contribution < 1.29 is 0 Å². The summed E-state index contributed by atoms with van der Waals surface area (Å²) < 4.78 is 1.07. The number of pyridine rings is 2. The number of nitrogens with zero attached hydrogens (tertiary/aromatic N) is 2. The van der Waals surface area contributed by atoms with Crippen molar-refractivity contribution in [3.05, 3.63) is 86.8 Å². The van der Waals surface area contributed by atoms with Crippen molar-refractivity contribution in [3.63, 3.8) is 0 Å². The first-order valence-corrected chi connectivity index (χ1v) is 12.5. The van der Waals surface area contributed by atoms with Gasteiger partial charge in [0.2, 0.25) is 0 Å². The van der Waals surface area contributed by atoms with Crippen LogP contribution in [0.1, 0.15) is 35.3 Å². The molecule has 5 rings (SSSR count). The molecule has 0 radical (unpaired) electrons. The Morgan fingerprint density at radius 2 is 2.03 bits per heavy atom. The number of halogens is 1. The zero-order valence-electron chi connectivity index (χ0n) is 17.4. The maximum Gasteiger partial charge on any atom is 0.131 e. The Morgan fingerprint density at radius 1 is 1.16 bits per heavy atom. The second-order valence-electron chi connectivity index (χ2n) is 7.28. The third kappa shape index (κ3) is 6.18. The minimum atomic E-state index is 0.449. The summed E-state index contributed by atoms with van der Waals surface area (Å²) in [6.45, 7) is 0.767. The summed E-state index contributed by atoms with van der Waals surface area (Å²) >= 11 is 9.58. The Hall–Kier alpha value is -2.69. The molecule has 0 fully saturated rings. The van der Waals surface area contributed by atoms with Gasteiger partial charge in [0.15, 0.2) is 0 Å². The summed E-state index contributed by atoms with van der Waals surface area (Å²) in [6, 6.07) is 10.2. The highest BCUT2D eigenvalue weighted by molar-refractivity contribution is 7.18. The van der Waals surface area contributed by atoms with Crippen molar-refractivity contribution in [3.8, 4) is 11.8 Å². The molecule has 0 saturated carbocycles. The lowest BCUT2D eigenvalue weighted by Crippen LogP contribution is -2.19. The molecule has 4 heterocycles. The molecular formula is C25H23ClN4S2. The van der Waals surface area contributed by atoms with Gasteiger partial charge >= 0.3 is 0 Å². The predicted molar refractivity (Wildman–Crippen MR) is 137 cm³/mol. The SMILES string of the molecule is Clc1cc(NCc2cccs2)c2scc(C#Cc3ccncc3)c2n1.NC1CC=CCC1. The quantitative estimate of drug-likeness (QED) is 0.201. The molecule has 1 unspecified atom stereocenters. The second-order valence-corrected chi connectivity index (χ2v) is 9.58. The van der Waals surface area contributed by atoms with Gasteiger partial charge in [-0.3, -0.25) is 4.98 Å². The van der Waals surface area contributed by atoms with Crippen LogP contribution in [0, 0.1) is 11.8 Å². The van der Waals surface area contributed by atoms with Crippen molar-refractivity contribution in [2.75, 3.05) is 5.32 Å². The Bertz CT molecular complexity index is 1240. The first-order valence-electron chi connectivity index (χ1n) is 10.4. The number of aromatic nitrogens is 2. The van der Waals surface area contributed by atoms with Gasteiger partial charge in [0.25, 0.3) is 0 Å². The number of nitrogens with one attached hydrogen (secondary N) is 1. The topological polar surface area (TPSA) is 63.8 Å². The second kappa shape index (κ2) is 11.3. The normalized spacial score (nSPS) is 14.9. The molecule has 3 N–H and O–H groups in total. The van der Waals surface area contributed by atoms with Crippen LogP contribution >= 0.6 is 34.3 Å². The molecule has 0 aliphatic heterocycles. The summed E-state index contributed by atoms with van der Waals surface area (Å²) in [5.41, 5.74) is 9.23. The number of allylic oxidation sites excluding steroid dienone is 1. The van der Waals surface area contributed by atoms with E-state index in [0.717, 1.165) is 40.0 Å². The molecule has 0 spiro atoms. The van der Waals surface area contributed by atoms with Gasteiger partial charge in [-0.25, -0.2) is 4.98 Å². The third-order valence-electron chi connectivity index (χ3n) is 4.86.